The van der Waals surface area contributed by atoms with Crippen LogP contribution in [0.1, 0.15) is 37.7 Å². The van der Waals surface area contributed by atoms with E-state index in [1.807, 2.05) is 36.9 Å². The smallest absolute Gasteiger partial charge is 0.254 e. The van der Waals surface area contributed by atoms with E-state index in [0.29, 0.717) is 13.1 Å². The number of rotatable bonds is 6. The van der Waals surface area contributed by atoms with Gasteiger partial charge in [0.1, 0.15) is 5.76 Å². The van der Waals surface area contributed by atoms with Crippen molar-refractivity contribution >= 4 is 17.2 Å². The Kier molecular flexibility index (Phi) is 5.39. The second-order valence-corrected chi connectivity index (χ2v) is 7.44. The van der Waals surface area contributed by atoms with E-state index in [0.717, 1.165) is 28.9 Å². The lowest BCUT2D eigenvalue weighted by atomic mass is 9.98. The van der Waals surface area contributed by atoms with Crippen molar-refractivity contribution in [3.05, 3.63) is 80.9 Å². The zero-order valence-corrected chi connectivity index (χ0v) is 15.7. The Labute approximate surface area is 152 Å². The van der Waals surface area contributed by atoms with Crippen molar-refractivity contribution in [3.63, 3.8) is 0 Å². The normalized spacial score (nSPS) is 10.8. The van der Waals surface area contributed by atoms with E-state index in [-0.39, 0.29) is 5.91 Å². The summed E-state index contributed by atoms with van der Waals surface area (Å²) in [7, 11) is 0. The highest BCUT2D eigenvalue weighted by molar-refractivity contribution is 7.09. The van der Waals surface area contributed by atoms with E-state index in [2.05, 4.69) is 30.5 Å². The minimum atomic E-state index is 0.0722. The molecule has 0 aliphatic rings. The Bertz CT molecular complexity index is 812. The van der Waals surface area contributed by atoms with E-state index < -0.39 is 0 Å². The molecule has 0 atom stereocenters. The number of carbonyl (C=O) groups excluding carboxylic acids is 1. The van der Waals surface area contributed by atoms with Gasteiger partial charge in [0, 0.05) is 17.0 Å². The number of benzene rings is 1. The number of thiophene rings is 1. The molecule has 1 amide bonds. The topological polar surface area (TPSA) is 33.5 Å². The summed E-state index contributed by atoms with van der Waals surface area (Å²) >= 11 is 1.73. The maximum atomic E-state index is 13.3. The predicted octanol–water partition coefficient (Wildman–Crippen LogP) is 5.15. The van der Waals surface area contributed by atoms with Gasteiger partial charge in [0.05, 0.1) is 12.8 Å². The molecular formula is C21H23NO2S. The zero-order chi connectivity index (χ0) is 17.8. The molecule has 0 bridgehead atoms. The van der Waals surface area contributed by atoms with Crippen molar-refractivity contribution < 1.29 is 9.21 Å². The van der Waals surface area contributed by atoms with Crippen LogP contribution in [0.25, 0.3) is 0 Å². The van der Waals surface area contributed by atoms with Gasteiger partial charge < -0.3 is 9.32 Å². The lowest BCUT2D eigenvalue weighted by Crippen LogP contribution is -2.33. The van der Waals surface area contributed by atoms with E-state index in [1.54, 1.807) is 17.6 Å². The molecule has 1 aromatic carbocycles. The molecule has 0 aliphatic heterocycles. The Balaban J connectivity index is 1.86. The van der Waals surface area contributed by atoms with Gasteiger partial charge in [-0.25, -0.2) is 0 Å². The van der Waals surface area contributed by atoms with E-state index in [9.17, 15) is 4.79 Å². The van der Waals surface area contributed by atoms with Crippen LogP contribution in [-0.2, 0) is 13.0 Å². The lowest BCUT2D eigenvalue weighted by Gasteiger charge is -2.24. The molecule has 0 unspecified atom stereocenters. The Morgan fingerprint density at radius 2 is 1.88 bits per heavy atom. The van der Waals surface area contributed by atoms with Crippen LogP contribution >= 0.6 is 11.3 Å². The zero-order valence-electron chi connectivity index (χ0n) is 14.9. The second-order valence-electron chi connectivity index (χ2n) is 6.41. The lowest BCUT2D eigenvalue weighted by molar-refractivity contribution is 0.0732. The summed E-state index contributed by atoms with van der Waals surface area (Å²) in [5.74, 6) is 0.880. The Hall–Kier alpha value is -2.33. The first-order valence-corrected chi connectivity index (χ1v) is 9.34. The van der Waals surface area contributed by atoms with Crippen molar-refractivity contribution in [1.82, 2.24) is 4.90 Å². The highest BCUT2D eigenvalue weighted by Gasteiger charge is 2.21. The number of aryl methyl sites for hydroxylation is 3. The molecular weight excluding hydrogens is 330 g/mol. The Morgan fingerprint density at radius 3 is 2.48 bits per heavy atom. The molecule has 0 spiro atoms. The monoisotopic (exact) mass is 353 g/mol. The molecule has 0 saturated heterocycles. The number of furan rings is 1. The fourth-order valence-electron chi connectivity index (χ4n) is 3.22. The summed E-state index contributed by atoms with van der Waals surface area (Å²) in [5, 5.41) is 2.07. The molecule has 0 aliphatic carbocycles. The molecule has 130 valence electrons. The molecule has 3 nitrogen and oxygen atoms in total. The SMILES string of the molecule is Cc1cc(C)c(C(=O)N(CCc2cccs2)Cc2ccco2)c(C)c1. The standard InChI is InChI=1S/C21H23NO2S/c1-15-12-16(2)20(17(3)13-15)21(23)22(14-18-6-4-10-24-18)9-8-19-7-5-11-25-19/h4-7,10-13H,8-9,14H2,1-3H3. The number of amides is 1. The van der Waals surface area contributed by atoms with Crippen molar-refractivity contribution in [1.29, 1.82) is 0 Å². The maximum Gasteiger partial charge on any atom is 0.254 e. The highest BCUT2D eigenvalue weighted by Crippen LogP contribution is 2.21. The molecule has 3 aromatic rings. The third-order valence-corrected chi connectivity index (χ3v) is 5.25. The molecule has 0 N–H and O–H groups in total. The summed E-state index contributed by atoms with van der Waals surface area (Å²) in [5.41, 5.74) is 4.05. The first-order chi connectivity index (χ1) is 12.0. The summed E-state index contributed by atoms with van der Waals surface area (Å²) in [6, 6.07) is 12.1. The van der Waals surface area contributed by atoms with Crippen LogP contribution in [0.5, 0.6) is 0 Å². The van der Waals surface area contributed by atoms with Gasteiger partial charge in [0.15, 0.2) is 0 Å². The summed E-state index contributed by atoms with van der Waals surface area (Å²) in [6.07, 6.45) is 2.51. The fourth-order valence-corrected chi connectivity index (χ4v) is 3.92. The maximum absolute atomic E-state index is 13.3. The summed E-state index contributed by atoms with van der Waals surface area (Å²) < 4.78 is 5.48. The van der Waals surface area contributed by atoms with Crippen LogP contribution in [0, 0.1) is 20.8 Å². The van der Waals surface area contributed by atoms with Gasteiger partial charge in [-0.05, 0) is 61.9 Å². The van der Waals surface area contributed by atoms with Crippen LogP contribution in [0.3, 0.4) is 0 Å². The van der Waals surface area contributed by atoms with Crippen LogP contribution in [0.2, 0.25) is 0 Å². The fraction of sp³-hybridized carbons (Fsp3) is 0.286. The van der Waals surface area contributed by atoms with Crippen LogP contribution in [-0.4, -0.2) is 17.4 Å². The summed E-state index contributed by atoms with van der Waals surface area (Å²) in [6.45, 7) is 7.25. The van der Waals surface area contributed by atoms with Crippen molar-refractivity contribution in [2.75, 3.05) is 6.54 Å². The molecule has 4 heteroatoms. The minimum Gasteiger partial charge on any atom is -0.467 e. The van der Waals surface area contributed by atoms with Gasteiger partial charge in [-0.15, -0.1) is 11.3 Å². The molecule has 0 radical (unpaired) electrons. The first-order valence-electron chi connectivity index (χ1n) is 8.46. The predicted molar refractivity (Wildman–Crippen MR) is 102 cm³/mol. The van der Waals surface area contributed by atoms with Crippen LogP contribution in [0.15, 0.2) is 52.5 Å². The van der Waals surface area contributed by atoms with Gasteiger partial charge in [0.2, 0.25) is 0 Å². The molecule has 2 aromatic heterocycles. The van der Waals surface area contributed by atoms with E-state index >= 15 is 0 Å². The van der Waals surface area contributed by atoms with Crippen molar-refractivity contribution in [2.45, 2.75) is 33.7 Å². The molecule has 3 rings (SSSR count). The van der Waals surface area contributed by atoms with Crippen molar-refractivity contribution in [3.8, 4) is 0 Å². The number of nitrogens with zero attached hydrogens (tertiary/aromatic N) is 1. The largest absolute Gasteiger partial charge is 0.467 e. The second kappa shape index (κ2) is 7.70. The number of hydrogen-bond donors (Lipinski definition) is 0. The van der Waals surface area contributed by atoms with Gasteiger partial charge in [-0.2, -0.15) is 0 Å². The number of hydrogen-bond acceptors (Lipinski definition) is 3. The first kappa shape index (κ1) is 17.5. The average molecular weight is 353 g/mol. The van der Waals surface area contributed by atoms with Gasteiger partial charge in [0.25, 0.3) is 5.91 Å². The van der Waals surface area contributed by atoms with E-state index in [4.69, 9.17) is 4.42 Å². The van der Waals surface area contributed by atoms with Gasteiger partial charge in [-0.3, -0.25) is 4.79 Å². The molecule has 0 fully saturated rings. The van der Waals surface area contributed by atoms with E-state index in [1.165, 1.54) is 10.4 Å². The third-order valence-electron chi connectivity index (χ3n) is 4.31. The average Bonchev–Trinajstić information content (AvgIpc) is 3.24. The third kappa shape index (κ3) is 4.20. The van der Waals surface area contributed by atoms with Crippen LogP contribution < -0.4 is 0 Å². The molecule has 25 heavy (non-hydrogen) atoms. The minimum absolute atomic E-state index is 0.0722. The summed E-state index contributed by atoms with van der Waals surface area (Å²) in [4.78, 5) is 16.4. The molecule has 0 saturated carbocycles. The Morgan fingerprint density at radius 1 is 1.12 bits per heavy atom. The molecule has 2 heterocycles. The number of carbonyl (C=O) groups is 1. The van der Waals surface area contributed by atoms with Crippen molar-refractivity contribution in [2.24, 2.45) is 0 Å². The quantitative estimate of drug-likeness (QED) is 0.614. The van der Waals surface area contributed by atoms with Gasteiger partial charge >= 0.3 is 0 Å². The van der Waals surface area contributed by atoms with Crippen LogP contribution in [0.4, 0.5) is 0 Å². The van der Waals surface area contributed by atoms with Gasteiger partial charge in [-0.1, -0.05) is 23.8 Å². The highest BCUT2D eigenvalue weighted by atomic mass is 32.1.